The van der Waals surface area contributed by atoms with Crippen molar-refractivity contribution in [1.82, 2.24) is 4.90 Å². The topological polar surface area (TPSA) is 62.3 Å². The molecule has 0 saturated carbocycles. The molecule has 3 aliphatic heterocycles. The average molecular weight is 442 g/mol. The molecule has 7 nitrogen and oxygen atoms in total. The molecule has 2 atom stereocenters. The SMILES string of the molecule is COc1ccc(Cl)cc1N1C(=O)[C@@H]2C[C@H]1CN2C(=O)c1ccc(N2CCOCC2)cc1. The van der Waals surface area contributed by atoms with Gasteiger partial charge in [-0.3, -0.25) is 9.59 Å². The van der Waals surface area contributed by atoms with Crippen molar-refractivity contribution in [1.29, 1.82) is 0 Å². The minimum absolute atomic E-state index is 0.0820. The van der Waals surface area contributed by atoms with E-state index in [1.165, 1.54) is 0 Å². The van der Waals surface area contributed by atoms with E-state index in [1.807, 2.05) is 24.3 Å². The molecule has 0 aromatic heterocycles. The Morgan fingerprint density at radius 1 is 1.13 bits per heavy atom. The fourth-order valence-electron chi connectivity index (χ4n) is 4.77. The van der Waals surface area contributed by atoms with Crippen LogP contribution in [-0.2, 0) is 9.53 Å². The van der Waals surface area contributed by atoms with Crippen LogP contribution in [0.5, 0.6) is 5.75 Å². The van der Waals surface area contributed by atoms with Crippen LogP contribution in [0.3, 0.4) is 0 Å². The summed E-state index contributed by atoms with van der Waals surface area (Å²) in [6.45, 7) is 3.62. The summed E-state index contributed by atoms with van der Waals surface area (Å²) < 4.78 is 10.8. The number of ether oxygens (including phenoxy) is 2. The quantitative estimate of drug-likeness (QED) is 0.730. The zero-order chi connectivity index (χ0) is 21.5. The summed E-state index contributed by atoms with van der Waals surface area (Å²) in [5, 5.41) is 0.541. The molecule has 3 aliphatic rings. The number of halogens is 1. The van der Waals surface area contributed by atoms with E-state index in [1.54, 1.807) is 35.1 Å². The van der Waals surface area contributed by atoms with E-state index in [4.69, 9.17) is 21.1 Å². The number of carbonyl (C=O) groups is 2. The Kier molecular flexibility index (Phi) is 5.24. The summed E-state index contributed by atoms with van der Waals surface area (Å²) in [5.74, 6) is 0.407. The third-order valence-corrected chi connectivity index (χ3v) is 6.55. The minimum Gasteiger partial charge on any atom is -0.495 e. The fourth-order valence-corrected chi connectivity index (χ4v) is 4.94. The maximum atomic E-state index is 13.2. The summed E-state index contributed by atoms with van der Waals surface area (Å²) >= 11 is 6.16. The van der Waals surface area contributed by atoms with E-state index in [0.717, 1.165) is 18.8 Å². The molecule has 2 bridgehead atoms. The highest BCUT2D eigenvalue weighted by Gasteiger charge is 2.52. The molecule has 3 fully saturated rings. The Morgan fingerprint density at radius 3 is 2.55 bits per heavy atom. The minimum atomic E-state index is -0.458. The third kappa shape index (κ3) is 3.51. The van der Waals surface area contributed by atoms with Crippen LogP contribution >= 0.6 is 11.6 Å². The molecule has 2 aromatic rings. The first kappa shape index (κ1) is 20.2. The predicted molar refractivity (Wildman–Crippen MR) is 118 cm³/mol. The molecule has 3 heterocycles. The van der Waals surface area contributed by atoms with Gasteiger partial charge in [-0.05, 0) is 48.9 Å². The molecule has 0 unspecified atom stereocenters. The molecule has 0 aliphatic carbocycles. The molecular formula is C23H24ClN3O4. The van der Waals surface area contributed by atoms with Crippen LogP contribution in [0, 0.1) is 0 Å². The molecule has 0 N–H and O–H groups in total. The van der Waals surface area contributed by atoms with Crippen LogP contribution in [0.2, 0.25) is 5.02 Å². The molecule has 0 spiro atoms. The normalized spacial score (nSPS) is 22.9. The smallest absolute Gasteiger partial charge is 0.254 e. The maximum absolute atomic E-state index is 13.2. The predicted octanol–water partition coefficient (Wildman–Crippen LogP) is 2.82. The number of piperazine rings is 1. The van der Waals surface area contributed by atoms with E-state index in [9.17, 15) is 9.59 Å². The first-order valence-corrected chi connectivity index (χ1v) is 10.8. The number of rotatable bonds is 4. The van der Waals surface area contributed by atoms with Crippen molar-refractivity contribution in [3.8, 4) is 5.75 Å². The highest BCUT2D eigenvalue weighted by Crippen LogP contribution is 2.41. The Balaban J connectivity index is 1.32. The van der Waals surface area contributed by atoms with E-state index in [2.05, 4.69) is 4.90 Å². The number of morpholine rings is 1. The monoisotopic (exact) mass is 441 g/mol. The molecule has 31 heavy (non-hydrogen) atoms. The van der Waals surface area contributed by atoms with Crippen molar-refractivity contribution in [2.75, 3.05) is 49.8 Å². The summed E-state index contributed by atoms with van der Waals surface area (Å²) in [6, 6.07) is 12.3. The highest BCUT2D eigenvalue weighted by molar-refractivity contribution is 6.31. The largest absolute Gasteiger partial charge is 0.495 e. The van der Waals surface area contributed by atoms with Crippen molar-refractivity contribution in [2.45, 2.75) is 18.5 Å². The van der Waals surface area contributed by atoms with Gasteiger partial charge in [0.15, 0.2) is 0 Å². The molecule has 5 rings (SSSR count). The van der Waals surface area contributed by atoms with E-state index in [0.29, 0.717) is 48.2 Å². The summed E-state index contributed by atoms with van der Waals surface area (Å²) in [6.07, 6.45) is 0.617. The van der Waals surface area contributed by atoms with Crippen molar-refractivity contribution in [3.05, 3.63) is 53.1 Å². The number of methoxy groups -OCH3 is 1. The average Bonchev–Trinajstić information content (AvgIpc) is 3.37. The molecule has 3 saturated heterocycles. The maximum Gasteiger partial charge on any atom is 0.254 e. The number of hydrogen-bond acceptors (Lipinski definition) is 5. The Morgan fingerprint density at radius 2 is 1.87 bits per heavy atom. The second-order valence-electron chi connectivity index (χ2n) is 8.03. The van der Waals surface area contributed by atoms with E-state index < -0.39 is 6.04 Å². The lowest BCUT2D eigenvalue weighted by Crippen LogP contribution is -2.52. The number of fused-ring (bicyclic) bond motifs is 2. The number of carbonyl (C=O) groups excluding carboxylic acids is 2. The van der Waals surface area contributed by atoms with Gasteiger partial charge >= 0.3 is 0 Å². The Labute approximate surface area is 186 Å². The van der Waals surface area contributed by atoms with Crippen molar-refractivity contribution < 1.29 is 19.1 Å². The van der Waals surface area contributed by atoms with Crippen molar-refractivity contribution in [3.63, 3.8) is 0 Å². The van der Waals surface area contributed by atoms with Gasteiger partial charge in [0.25, 0.3) is 5.91 Å². The first-order valence-electron chi connectivity index (χ1n) is 10.5. The van der Waals surface area contributed by atoms with Crippen molar-refractivity contribution >= 4 is 34.8 Å². The number of amides is 2. The molecule has 2 amide bonds. The first-order chi connectivity index (χ1) is 15.1. The van der Waals surface area contributed by atoms with Crippen LogP contribution in [0.4, 0.5) is 11.4 Å². The van der Waals surface area contributed by atoms with Gasteiger partial charge in [-0.2, -0.15) is 0 Å². The van der Waals surface area contributed by atoms with Gasteiger partial charge < -0.3 is 24.2 Å². The lowest BCUT2D eigenvalue weighted by Gasteiger charge is -2.34. The van der Waals surface area contributed by atoms with Crippen LogP contribution < -0.4 is 14.5 Å². The van der Waals surface area contributed by atoms with Gasteiger partial charge in [-0.15, -0.1) is 0 Å². The molecule has 2 aromatic carbocycles. The lowest BCUT2D eigenvalue weighted by molar-refractivity contribution is -0.121. The number of anilines is 2. The summed E-state index contributed by atoms with van der Waals surface area (Å²) in [7, 11) is 1.57. The number of benzene rings is 2. The van der Waals surface area contributed by atoms with Crippen molar-refractivity contribution in [2.24, 2.45) is 0 Å². The zero-order valence-corrected chi connectivity index (χ0v) is 18.0. The van der Waals surface area contributed by atoms with Gasteiger partial charge in [-0.1, -0.05) is 11.6 Å². The second-order valence-corrected chi connectivity index (χ2v) is 8.47. The van der Waals surface area contributed by atoms with Crippen LogP contribution in [0.25, 0.3) is 0 Å². The standard InChI is InChI=1S/C23H24ClN3O4/c1-30-21-7-4-16(24)12-19(21)27-18-13-20(23(27)29)26(14-18)22(28)15-2-5-17(6-3-15)25-8-10-31-11-9-25/h2-7,12,18,20H,8-11,13-14H2,1H3/t18-,20-/m0/s1. The highest BCUT2D eigenvalue weighted by atomic mass is 35.5. The van der Waals surface area contributed by atoms with Crippen LogP contribution in [0.15, 0.2) is 42.5 Å². The van der Waals surface area contributed by atoms with Gasteiger partial charge in [0.2, 0.25) is 5.91 Å². The van der Waals surface area contributed by atoms with E-state index >= 15 is 0 Å². The van der Waals surface area contributed by atoms with E-state index in [-0.39, 0.29) is 17.9 Å². The third-order valence-electron chi connectivity index (χ3n) is 6.32. The number of nitrogens with zero attached hydrogens (tertiary/aromatic N) is 3. The Bertz CT molecular complexity index is 1010. The van der Waals surface area contributed by atoms with Gasteiger partial charge in [0, 0.05) is 35.9 Å². The Hall–Kier alpha value is -2.77. The second kappa shape index (κ2) is 8.05. The number of likely N-dealkylation sites (tertiary alicyclic amines) is 1. The lowest BCUT2D eigenvalue weighted by atomic mass is 10.1. The summed E-state index contributed by atoms with van der Waals surface area (Å²) in [4.78, 5) is 32.0. The van der Waals surface area contributed by atoms with Gasteiger partial charge in [-0.25, -0.2) is 0 Å². The zero-order valence-electron chi connectivity index (χ0n) is 17.3. The number of hydrogen-bond donors (Lipinski definition) is 0. The van der Waals surface area contributed by atoms with Crippen LogP contribution in [-0.4, -0.2) is 68.8 Å². The molecule has 0 radical (unpaired) electrons. The van der Waals surface area contributed by atoms with Gasteiger partial charge in [0.05, 0.1) is 32.1 Å². The molecule has 162 valence electrons. The van der Waals surface area contributed by atoms with Gasteiger partial charge in [0.1, 0.15) is 11.8 Å². The molecule has 8 heteroatoms. The molecular weight excluding hydrogens is 418 g/mol. The summed E-state index contributed by atoms with van der Waals surface area (Å²) in [5.41, 5.74) is 2.34. The van der Waals surface area contributed by atoms with Crippen LogP contribution in [0.1, 0.15) is 16.8 Å². The fraction of sp³-hybridized carbons (Fsp3) is 0.391.